The van der Waals surface area contributed by atoms with E-state index in [1.54, 1.807) is 0 Å². The van der Waals surface area contributed by atoms with Crippen molar-refractivity contribution < 1.29 is 5.21 Å². The second-order valence-corrected chi connectivity index (χ2v) is 5.71. The van der Waals surface area contributed by atoms with E-state index in [1.165, 1.54) is 0 Å². The maximum Gasteiger partial charge on any atom is 0.143 e. The second kappa shape index (κ2) is 3.67. The van der Waals surface area contributed by atoms with E-state index >= 15 is 0 Å². The van der Waals surface area contributed by atoms with E-state index in [1.807, 2.05) is 6.92 Å². The number of rotatable bonds is 4. The van der Waals surface area contributed by atoms with Crippen LogP contribution in [0.15, 0.2) is 5.16 Å². The molecule has 0 spiro atoms. The molecule has 0 saturated heterocycles. The zero-order valence-corrected chi connectivity index (χ0v) is 10.3. The average Bonchev–Trinajstić information content (AvgIpc) is 2.53. The minimum absolute atomic E-state index is 0.0715. The molecule has 4 nitrogen and oxygen atoms in total. The van der Waals surface area contributed by atoms with Gasteiger partial charge in [-0.05, 0) is 10.8 Å². The van der Waals surface area contributed by atoms with Crippen molar-refractivity contribution in [1.82, 2.24) is 5.32 Å². The fourth-order valence-electron chi connectivity index (χ4n) is 2.20. The van der Waals surface area contributed by atoms with Crippen molar-refractivity contribution >= 4 is 5.84 Å². The van der Waals surface area contributed by atoms with Gasteiger partial charge in [-0.3, -0.25) is 0 Å². The van der Waals surface area contributed by atoms with Crippen molar-refractivity contribution in [2.75, 3.05) is 6.54 Å². The summed E-state index contributed by atoms with van der Waals surface area (Å²) in [6, 6.07) is 0.513. The Hall–Kier alpha value is -0.770. The zero-order valence-electron chi connectivity index (χ0n) is 10.3. The SMILES string of the molecule is CC(CNC1C(C)(C)C1(C)C)C(N)=NO. The second-order valence-electron chi connectivity index (χ2n) is 5.71. The van der Waals surface area contributed by atoms with Crippen molar-refractivity contribution in [3.05, 3.63) is 0 Å². The summed E-state index contributed by atoms with van der Waals surface area (Å²) in [6.07, 6.45) is 0. The molecule has 1 atom stereocenters. The summed E-state index contributed by atoms with van der Waals surface area (Å²) in [5, 5.41) is 15.0. The fourth-order valence-corrected chi connectivity index (χ4v) is 2.20. The van der Waals surface area contributed by atoms with Gasteiger partial charge in [-0.25, -0.2) is 0 Å². The van der Waals surface area contributed by atoms with E-state index in [2.05, 4.69) is 38.2 Å². The van der Waals surface area contributed by atoms with Gasteiger partial charge in [-0.15, -0.1) is 0 Å². The largest absolute Gasteiger partial charge is 0.409 e. The van der Waals surface area contributed by atoms with Gasteiger partial charge >= 0.3 is 0 Å². The first-order chi connectivity index (χ1) is 6.75. The number of oxime groups is 1. The molecule has 4 N–H and O–H groups in total. The van der Waals surface area contributed by atoms with Gasteiger partial charge in [0.15, 0.2) is 0 Å². The molecule has 1 saturated carbocycles. The first kappa shape index (κ1) is 12.3. The van der Waals surface area contributed by atoms with Crippen molar-refractivity contribution in [1.29, 1.82) is 0 Å². The molecule has 0 bridgehead atoms. The molecule has 1 aliphatic rings. The van der Waals surface area contributed by atoms with E-state index in [9.17, 15) is 0 Å². The standard InChI is InChI=1S/C11H23N3O/c1-7(8(12)14-15)6-13-9-10(2,3)11(9,4)5/h7,9,13,15H,6H2,1-5H3,(H2,12,14). The normalized spacial score (nSPS) is 26.3. The van der Waals surface area contributed by atoms with Crippen LogP contribution in [0.25, 0.3) is 0 Å². The van der Waals surface area contributed by atoms with Crippen molar-refractivity contribution in [2.45, 2.75) is 40.7 Å². The number of amidine groups is 1. The Balaban J connectivity index is 2.41. The van der Waals surface area contributed by atoms with E-state index in [4.69, 9.17) is 10.9 Å². The van der Waals surface area contributed by atoms with Crippen LogP contribution in [0.4, 0.5) is 0 Å². The molecular formula is C11H23N3O. The Kier molecular flexibility index (Phi) is 3.01. The Morgan fingerprint density at radius 1 is 1.40 bits per heavy atom. The average molecular weight is 213 g/mol. The number of hydrogen-bond donors (Lipinski definition) is 3. The maximum atomic E-state index is 8.53. The first-order valence-corrected chi connectivity index (χ1v) is 5.46. The third-order valence-corrected chi connectivity index (χ3v) is 4.27. The minimum Gasteiger partial charge on any atom is -0.409 e. The van der Waals surface area contributed by atoms with E-state index in [0.29, 0.717) is 22.7 Å². The highest BCUT2D eigenvalue weighted by Gasteiger charge is 2.64. The Bertz CT molecular complexity index is 257. The van der Waals surface area contributed by atoms with Gasteiger partial charge in [0.2, 0.25) is 0 Å². The Labute approximate surface area is 91.9 Å². The van der Waals surface area contributed by atoms with Crippen LogP contribution >= 0.6 is 0 Å². The summed E-state index contributed by atoms with van der Waals surface area (Å²) in [7, 11) is 0. The molecule has 0 heterocycles. The minimum atomic E-state index is 0.0715. The summed E-state index contributed by atoms with van der Waals surface area (Å²) in [5.74, 6) is 0.362. The monoisotopic (exact) mass is 213 g/mol. The van der Waals surface area contributed by atoms with Gasteiger partial charge in [0.1, 0.15) is 5.84 Å². The lowest BCUT2D eigenvalue weighted by Crippen LogP contribution is -2.34. The van der Waals surface area contributed by atoms with Crippen molar-refractivity contribution in [2.24, 2.45) is 27.6 Å². The Morgan fingerprint density at radius 2 is 1.87 bits per heavy atom. The molecule has 0 aromatic rings. The smallest absolute Gasteiger partial charge is 0.143 e. The first-order valence-electron chi connectivity index (χ1n) is 5.46. The fraction of sp³-hybridized carbons (Fsp3) is 0.909. The van der Waals surface area contributed by atoms with Crippen LogP contribution in [0.1, 0.15) is 34.6 Å². The molecule has 1 unspecified atom stereocenters. The highest BCUT2D eigenvalue weighted by molar-refractivity contribution is 5.82. The summed E-state index contributed by atoms with van der Waals surface area (Å²) < 4.78 is 0. The molecule has 0 radical (unpaired) electrons. The summed E-state index contributed by atoms with van der Waals surface area (Å²) >= 11 is 0. The molecule has 0 aromatic heterocycles. The third kappa shape index (κ3) is 1.95. The quantitative estimate of drug-likeness (QED) is 0.286. The lowest BCUT2D eigenvalue weighted by Gasteiger charge is -2.12. The van der Waals surface area contributed by atoms with Gasteiger partial charge in [-0.2, -0.15) is 0 Å². The number of nitrogens with two attached hydrogens (primary N) is 1. The van der Waals surface area contributed by atoms with Gasteiger partial charge < -0.3 is 16.3 Å². The number of hydrogen-bond acceptors (Lipinski definition) is 3. The van der Waals surface area contributed by atoms with E-state index < -0.39 is 0 Å². The molecular weight excluding hydrogens is 190 g/mol. The highest BCUT2D eigenvalue weighted by Crippen LogP contribution is 2.62. The van der Waals surface area contributed by atoms with Gasteiger partial charge in [-0.1, -0.05) is 39.8 Å². The molecule has 15 heavy (non-hydrogen) atoms. The van der Waals surface area contributed by atoms with Gasteiger partial charge in [0.25, 0.3) is 0 Å². The van der Waals surface area contributed by atoms with Crippen LogP contribution in [0.3, 0.4) is 0 Å². The highest BCUT2D eigenvalue weighted by atomic mass is 16.4. The predicted molar refractivity (Wildman–Crippen MR) is 61.9 cm³/mol. The maximum absolute atomic E-state index is 8.53. The van der Waals surface area contributed by atoms with Crippen molar-refractivity contribution in [3.8, 4) is 0 Å². The number of nitrogens with zero attached hydrogens (tertiary/aromatic N) is 1. The van der Waals surface area contributed by atoms with Crippen LogP contribution < -0.4 is 11.1 Å². The molecule has 4 heteroatoms. The Morgan fingerprint density at radius 3 is 2.20 bits per heavy atom. The van der Waals surface area contributed by atoms with Crippen LogP contribution in [-0.2, 0) is 0 Å². The summed E-state index contributed by atoms with van der Waals surface area (Å²) in [5.41, 5.74) is 6.18. The van der Waals surface area contributed by atoms with Gasteiger partial charge in [0, 0.05) is 18.5 Å². The molecule has 0 aliphatic heterocycles. The van der Waals surface area contributed by atoms with Crippen LogP contribution in [0.2, 0.25) is 0 Å². The molecule has 1 fully saturated rings. The molecule has 0 aromatic carbocycles. The lowest BCUT2D eigenvalue weighted by atomic mass is 10.0. The third-order valence-electron chi connectivity index (χ3n) is 4.27. The molecule has 0 amide bonds. The summed E-state index contributed by atoms with van der Waals surface area (Å²) in [6.45, 7) is 11.8. The topological polar surface area (TPSA) is 70.6 Å². The van der Waals surface area contributed by atoms with E-state index in [-0.39, 0.29) is 5.92 Å². The molecule has 1 rings (SSSR count). The zero-order chi connectivity index (χ0) is 11.9. The number of nitrogens with one attached hydrogen (secondary N) is 1. The van der Waals surface area contributed by atoms with Gasteiger partial charge in [0.05, 0.1) is 0 Å². The molecule has 1 aliphatic carbocycles. The van der Waals surface area contributed by atoms with Crippen LogP contribution in [0.5, 0.6) is 0 Å². The van der Waals surface area contributed by atoms with Crippen LogP contribution in [-0.4, -0.2) is 23.6 Å². The lowest BCUT2D eigenvalue weighted by molar-refractivity contribution is 0.314. The predicted octanol–water partition coefficient (Wildman–Crippen LogP) is 1.39. The van der Waals surface area contributed by atoms with Crippen LogP contribution in [0, 0.1) is 16.7 Å². The van der Waals surface area contributed by atoms with Crippen molar-refractivity contribution in [3.63, 3.8) is 0 Å². The van der Waals surface area contributed by atoms with E-state index in [0.717, 1.165) is 6.54 Å². The molecule has 88 valence electrons. The summed E-state index contributed by atoms with van der Waals surface area (Å²) in [4.78, 5) is 0.